The van der Waals surface area contributed by atoms with Crippen LogP contribution in [0.4, 0.5) is 0 Å². The molecule has 0 amide bonds. The van der Waals surface area contributed by atoms with Gasteiger partial charge in [-0.15, -0.1) is 0 Å². The van der Waals surface area contributed by atoms with Crippen LogP contribution in [-0.2, 0) is 6.54 Å². The van der Waals surface area contributed by atoms with Gasteiger partial charge in [0.05, 0.1) is 4.05 Å². The zero-order chi connectivity index (χ0) is 9.42. The molecule has 0 N–H and O–H groups in total. The molecule has 2 heteroatoms. The van der Waals surface area contributed by atoms with Gasteiger partial charge in [-0.05, 0) is 25.0 Å². The summed E-state index contributed by atoms with van der Waals surface area (Å²) in [4.78, 5) is 2.52. The molecule has 1 nitrogen and oxygen atoms in total. The predicted molar refractivity (Wildman–Crippen MR) is 63.9 cm³/mol. The maximum absolute atomic E-state index is 2.53. The molecule has 1 aliphatic heterocycles. The van der Waals surface area contributed by atoms with Crippen LogP contribution in [0.1, 0.15) is 29.0 Å². The van der Waals surface area contributed by atoms with E-state index in [1.165, 1.54) is 11.1 Å². The van der Waals surface area contributed by atoms with Crippen molar-refractivity contribution in [2.24, 2.45) is 0 Å². The molecular weight excluding hydrogens is 273 g/mol. The van der Waals surface area contributed by atoms with Crippen molar-refractivity contribution in [3.63, 3.8) is 0 Å². The number of alkyl halides is 1. The van der Waals surface area contributed by atoms with Crippen molar-refractivity contribution in [3.05, 3.63) is 35.4 Å². The number of hydrogen-bond acceptors (Lipinski definition) is 1. The first-order valence-corrected chi connectivity index (χ1v) is 5.92. The molecule has 0 spiro atoms. The van der Waals surface area contributed by atoms with Gasteiger partial charge in [-0.1, -0.05) is 46.9 Å². The van der Waals surface area contributed by atoms with Crippen molar-refractivity contribution >= 4 is 22.6 Å². The first-order chi connectivity index (χ1) is 6.20. The molecule has 1 aromatic carbocycles. The summed E-state index contributed by atoms with van der Waals surface area (Å²) < 4.78 is 0.564. The van der Waals surface area contributed by atoms with Gasteiger partial charge >= 0.3 is 0 Å². The lowest BCUT2D eigenvalue weighted by molar-refractivity contribution is 0.230. The van der Waals surface area contributed by atoms with Crippen LogP contribution in [0.3, 0.4) is 0 Å². The zero-order valence-electron chi connectivity index (χ0n) is 8.00. The molecule has 0 fully saturated rings. The van der Waals surface area contributed by atoms with E-state index < -0.39 is 0 Å². The van der Waals surface area contributed by atoms with E-state index in [0.29, 0.717) is 10.1 Å². The van der Waals surface area contributed by atoms with Crippen molar-refractivity contribution in [1.82, 2.24) is 4.90 Å². The lowest BCUT2D eigenvalue weighted by Gasteiger charge is -2.24. The Bertz CT molecular complexity index is 309. The second-order valence-corrected chi connectivity index (χ2v) is 4.98. The summed E-state index contributed by atoms with van der Waals surface area (Å²) >= 11 is 2.53. The maximum atomic E-state index is 2.53. The molecule has 0 aliphatic carbocycles. The molecular formula is C11H14IN. The van der Waals surface area contributed by atoms with E-state index in [1.807, 2.05) is 0 Å². The van der Waals surface area contributed by atoms with Crippen molar-refractivity contribution in [2.45, 2.75) is 30.5 Å². The first kappa shape index (κ1) is 9.46. The quantitative estimate of drug-likeness (QED) is 0.435. The Kier molecular flexibility index (Phi) is 2.60. The lowest BCUT2D eigenvalue weighted by atomic mass is 10.1. The maximum Gasteiger partial charge on any atom is 0.0882 e. The van der Waals surface area contributed by atoms with Crippen LogP contribution in [-0.4, -0.2) is 10.9 Å². The third kappa shape index (κ3) is 1.62. The van der Waals surface area contributed by atoms with Crippen LogP contribution < -0.4 is 0 Å². The topological polar surface area (TPSA) is 3.24 Å². The van der Waals surface area contributed by atoms with Gasteiger partial charge in [0.15, 0.2) is 0 Å². The summed E-state index contributed by atoms with van der Waals surface area (Å²) in [7, 11) is 0. The summed E-state index contributed by atoms with van der Waals surface area (Å²) in [6, 6.07) is 9.38. The Balaban J connectivity index is 2.32. The van der Waals surface area contributed by atoms with E-state index in [1.54, 1.807) is 0 Å². The average Bonchev–Trinajstić information content (AvgIpc) is 2.45. The van der Waals surface area contributed by atoms with Crippen LogP contribution in [0.15, 0.2) is 24.3 Å². The third-order valence-corrected chi connectivity index (χ3v) is 4.01. The highest BCUT2D eigenvalue weighted by Crippen LogP contribution is 2.39. The van der Waals surface area contributed by atoms with Crippen molar-refractivity contribution in [1.29, 1.82) is 0 Å². The van der Waals surface area contributed by atoms with E-state index in [-0.39, 0.29) is 0 Å². The van der Waals surface area contributed by atoms with Crippen molar-refractivity contribution in [2.75, 3.05) is 0 Å². The smallest absolute Gasteiger partial charge is 0.0882 e. The van der Waals surface area contributed by atoms with Crippen LogP contribution in [0.5, 0.6) is 0 Å². The molecule has 1 aliphatic rings. The molecule has 13 heavy (non-hydrogen) atoms. The third-order valence-electron chi connectivity index (χ3n) is 2.62. The van der Waals surface area contributed by atoms with Gasteiger partial charge < -0.3 is 0 Å². The van der Waals surface area contributed by atoms with Gasteiger partial charge in [0, 0.05) is 12.6 Å². The highest BCUT2D eigenvalue weighted by molar-refractivity contribution is 14.1. The lowest BCUT2D eigenvalue weighted by Crippen LogP contribution is -2.26. The van der Waals surface area contributed by atoms with Gasteiger partial charge in [0.1, 0.15) is 0 Å². The molecule has 1 aromatic rings. The molecule has 2 rings (SSSR count). The van der Waals surface area contributed by atoms with Gasteiger partial charge in [-0.2, -0.15) is 0 Å². The zero-order valence-corrected chi connectivity index (χ0v) is 10.2. The molecule has 1 unspecified atom stereocenters. The fourth-order valence-corrected chi connectivity index (χ4v) is 3.26. The number of halogens is 1. The van der Waals surface area contributed by atoms with Crippen molar-refractivity contribution < 1.29 is 0 Å². The number of nitrogens with zero attached hydrogens (tertiary/aromatic N) is 1. The predicted octanol–water partition coefficient (Wildman–Crippen LogP) is 3.34. The minimum Gasteiger partial charge on any atom is -0.281 e. The standard InChI is InChI=1S/C11H14IN/c1-8(2)13-7-9-5-3-4-6-10(9)11(13)12/h3-6,8,11H,7H2,1-2H3. The van der Waals surface area contributed by atoms with Crippen LogP contribution in [0, 0.1) is 0 Å². The molecule has 1 heterocycles. The highest BCUT2D eigenvalue weighted by Gasteiger charge is 2.28. The Morgan fingerprint density at radius 1 is 1.38 bits per heavy atom. The normalized spacial score (nSPS) is 22.3. The summed E-state index contributed by atoms with van der Waals surface area (Å²) in [5, 5.41) is 0. The van der Waals surface area contributed by atoms with Crippen LogP contribution in [0.2, 0.25) is 0 Å². The summed E-state index contributed by atoms with van der Waals surface area (Å²) in [5.41, 5.74) is 2.99. The van der Waals surface area contributed by atoms with E-state index in [0.717, 1.165) is 6.54 Å². The first-order valence-electron chi connectivity index (χ1n) is 4.68. The molecule has 0 aromatic heterocycles. The van der Waals surface area contributed by atoms with Gasteiger partial charge in [-0.3, -0.25) is 4.90 Å². The van der Waals surface area contributed by atoms with Crippen molar-refractivity contribution in [3.8, 4) is 0 Å². The number of benzene rings is 1. The molecule has 0 radical (unpaired) electrons. The summed E-state index contributed by atoms with van der Waals surface area (Å²) in [6.45, 7) is 5.64. The van der Waals surface area contributed by atoms with Gasteiger partial charge in [0.2, 0.25) is 0 Å². The fraction of sp³-hybridized carbons (Fsp3) is 0.455. The minimum atomic E-state index is 0.564. The van der Waals surface area contributed by atoms with Crippen LogP contribution in [0.25, 0.3) is 0 Å². The Labute approximate surface area is 93.3 Å². The summed E-state index contributed by atoms with van der Waals surface area (Å²) in [6.07, 6.45) is 0. The molecule has 70 valence electrons. The molecule has 0 saturated heterocycles. The fourth-order valence-electron chi connectivity index (χ4n) is 1.81. The number of fused-ring (bicyclic) bond motifs is 1. The monoisotopic (exact) mass is 287 g/mol. The van der Waals surface area contributed by atoms with Gasteiger partial charge in [-0.25, -0.2) is 0 Å². The SMILES string of the molecule is CC(C)N1Cc2ccccc2C1I. The minimum absolute atomic E-state index is 0.564. The number of rotatable bonds is 1. The largest absolute Gasteiger partial charge is 0.281 e. The highest BCUT2D eigenvalue weighted by atomic mass is 127. The second kappa shape index (κ2) is 3.58. The molecule has 1 atom stereocenters. The Hall–Kier alpha value is -0.0900. The molecule has 0 bridgehead atoms. The average molecular weight is 287 g/mol. The Morgan fingerprint density at radius 3 is 2.69 bits per heavy atom. The second-order valence-electron chi connectivity index (χ2n) is 3.80. The van der Waals surface area contributed by atoms with Crippen LogP contribution >= 0.6 is 22.6 Å². The summed E-state index contributed by atoms with van der Waals surface area (Å²) in [5.74, 6) is 0. The van der Waals surface area contributed by atoms with E-state index in [2.05, 4.69) is 65.6 Å². The number of hydrogen-bond donors (Lipinski definition) is 0. The molecule has 0 saturated carbocycles. The van der Waals surface area contributed by atoms with E-state index >= 15 is 0 Å². The van der Waals surface area contributed by atoms with E-state index in [9.17, 15) is 0 Å². The van der Waals surface area contributed by atoms with Gasteiger partial charge in [0.25, 0.3) is 0 Å². The van der Waals surface area contributed by atoms with E-state index in [4.69, 9.17) is 0 Å². The Morgan fingerprint density at radius 2 is 2.08 bits per heavy atom.